The van der Waals surface area contributed by atoms with Crippen molar-refractivity contribution in [1.82, 2.24) is 0 Å². The van der Waals surface area contributed by atoms with Gasteiger partial charge in [0.25, 0.3) is 0 Å². The van der Waals surface area contributed by atoms with Gasteiger partial charge < -0.3 is 21.1 Å². The second kappa shape index (κ2) is 6.51. The van der Waals surface area contributed by atoms with Gasteiger partial charge in [-0.05, 0) is 43.9 Å². The van der Waals surface area contributed by atoms with E-state index in [0.29, 0.717) is 17.7 Å². The molecule has 4 N–H and O–H groups in total. The third kappa shape index (κ3) is 3.34. The molecule has 0 bridgehead atoms. The first-order valence-corrected chi connectivity index (χ1v) is 8.20. The topological polar surface area (TPSA) is 113 Å². The lowest BCUT2D eigenvalue weighted by Crippen LogP contribution is -2.31. The minimum atomic E-state index is -0.947. The molecule has 2 aliphatic rings. The Hall–Kier alpha value is -2.57. The van der Waals surface area contributed by atoms with Gasteiger partial charge in [-0.25, -0.2) is 0 Å². The van der Waals surface area contributed by atoms with Crippen LogP contribution in [0.5, 0.6) is 0 Å². The molecule has 7 heteroatoms. The van der Waals surface area contributed by atoms with Crippen molar-refractivity contribution in [2.24, 2.45) is 17.6 Å². The van der Waals surface area contributed by atoms with Crippen LogP contribution in [0.4, 0.5) is 11.4 Å². The Labute approximate surface area is 139 Å². The molecule has 128 valence electrons. The number of anilines is 2. The third-order valence-electron chi connectivity index (χ3n) is 4.68. The van der Waals surface area contributed by atoms with Crippen molar-refractivity contribution in [3.05, 3.63) is 23.8 Å². The number of hydrogen-bond acceptors (Lipinski definition) is 4. The average molecular weight is 331 g/mol. The number of benzene rings is 1. The summed E-state index contributed by atoms with van der Waals surface area (Å²) in [6.07, 6.45) is 3.69. The van der Waals surface area contributed by atoms with Crippen LogP contribution in [0.2, 0.25) is 0 Å². The maximum Gasteiger partial charge on any atom is 0.307 e. The van der Waals surface area contributed by atoms with Crippen molar-refractivity contribution in [3.63, 3.8) is 0 Å². The number of carbonyl (C=O) groups excluding carboxylic acids is 2. The highest BCUT2D eigenvalue weighted by Gasteiger charge is 2.48. The van der Waals surface area contributed by atoms with Crippen molar-refractivity contribution in [3.8, 4) is 0 Å². The van der Waals surface area contributed by atoms with Gasteiger partial charge in [-0.2, -0.15) is 0 Å². The lowest BCUT2D eigenvalue weighted by Gasteiger charge is -2.30. The number of nitrogens with zero attached hydrogens (tertiary/aromatic N) is 1. The Morgan fingerprint density at radius 3 is 2.42 bits per heavy atom. The van der Waals surface area contributed by atoms with E-state index in [1.807, 2.05) is 0 Å². The number of carboxylic acids is 1. The Morgan fingerprint density at radius 2 is 1.83 bits per heavy atom. The standard InChI is InChI=1S/C17H21N3O4/c18-15(21)10-4-5-14(20-6-2-1-3-7-20)13(8-10)19-16(22)11-9-12(11)17(23)24/h4-5,8,11-12H,1-3,6-7,9H2,(H2,18,21)(H,19,22)(H,23,24). The second-order valence-electron chi connectivity index (χ2n) is 6.42. The van der Waals surface area contributed by atoms with E-state index in [4.69, 9.17) is 10.8 Å². The number of nitrogens with one attached hydrogen (secondary N) is 1. The van der Waals surface area contributed by atoms with Gasteiger partial charge in [-0.15, -0.1) is 0 Å². The molecule has 1 aliphatic heterocycles. The zero-order chi connectivity index (χ0) is 17.3. The molecule has 1 aromatic carbocycles. The van der Waals surface area contributed by atoms with E-state index in [-0.39, 0.29) is 5.91 Å². The maximum atomic E-state index is 12.3. The lowest BCUT2D eigenvalue weighted by atomic mass is 10.1. The van der Waals surface area contributed by atoms with E-state index in [9.17, 15) is 14.4 Å². The zero-order valence-electron chi connectivity index (χ0n) is 13.3. The van der Waals surface area contributed by atoms with Crippen molar-refractivity contribution in [2.75, 3.05) is 23.3 Å². The second-order valence-corrected chi connectivity index (χ2v) is 6.42. The van der Waals surface area contributed by atoms with Crippen LogP contribution < -0.4 is 16.0 Å². The van der Waals surface area contributed by atoms with Crippen molar-refractivity contribution in [1.29, 1.82) is 0 Å². The van der Waals surface area contributed by atoms with E-state index < -0.39 is 23.7 Å². The number of piperidine rings is 1. The van der Waals surface area contributed by atoms with Crippen LogP contribution >= 0.6 is 0 Å². The zero-order valence-corrected chi connectivity index (χ0v) is 13.3. The van der Waals surface area contributed by atoms with E-state index in [1.165, 1.54) is 6.42 Å². The highest BCUT2D eigenvalue weighted by atomic mass is 16.4. The van der Waals surface area contributed by atoms with E-state index in [2.05, 4.69) is 10.2 Å². The van der Waals surface area contributed by atoms with Crippen LogP contribution in [0.1, 0.15) is 36.0 Å². The van der Waals surface area contributed by atoms with Crippen LogP contribution in [-0.2, 0) is 9.59 Å². The number of aliphatic carboxylic acids is 1. The molecule has 0 radical (unpaired) electrons. The molecule has 1 saturated carbocycles. The molecule has 3 rings (SSSR count). The van der Waals surface area contributed by atoms with Gasteiger partial charge in [0.05, 0.1) is 23.2 Å². The number of rotatable bonds is 5. The summed E-state index contributed by atoms with van der Waals surface area (Å²) >= 11 is 0. The summed E-state index contributed by atoms with van der Waals surface area (Å²) in [5.41, 5.74) is 7.02. The molecular formula is C17H21N3O4. The summed E-state index contributed by atoms with van der Waals surface area (Å²) in [6.45, 7) is 1.78. The SMILES string of the molecule is NC(=O)c1ccc(N2CCCCC2)c(NC(=O)C2CC2C(=O)O)c1. The molecule has 1 saturated heterocycles. The summed E-state index contributed by atoms with van der Waals surface area (Å²) in [5, 5.41) is 11.8. The summed E-state index contributed by atoms with van der Waals surface area (Å²) in [6, 6.07) is 5.02. The Bertz CT molecular complexity index is 682. The summed E-state index contributed by atoms with van der Waals surface area (Å²) in [4.78, 5) is 36.8. The Morgan fingerprint density at radius 1 is 1.12 bits per heavy atom. The molecule has 1 heterocycles. The normalized spacial score (nSPS) is 22.8. The van der Waals surface area contributed by atoms with Gasteiger partial charge in [0, 0.05) is 18.7 Å². The molecule has 2 fully saturated rings. The van der Waals surface area contributed by atoms with Crippen molar-refractivity contribution in [2.45, 2.75) is 25.7 Å². The molecule has 2 atom stereocenters. The fourth-order valence-electron chi connectivity index (χ4n) is 3.18. The van der Waals surface area contributed by atoms with Crippen LogP contribution in [0.3, 0.4) is 0 Å². The highest BCUT2D eigenvalue weighted by molar-refractivity contribution is 6.02. The minimum Gasteiger partial charge on any atom is -0.481 e. The largest absolute Gasteiger partial charge is 0.481 e. The molecule has 24 heavy (non-hydrogen) atoms. The predicted octanol–water partition coefficient (Wildman–Crippen LogP) is 1.43. The van der Waals surface area contributed by atoms with E-state index >= 15 is 0 Å². The fourth-order valence-corrected chi connectivity index (χ4v) is 3.18. The van der Waals surface area contributed by atoms with Crippen LogP contribution in [-0.4, -0.2) is 36.0 Å². The number of nitrogens with two attached hydrogens (primary N) is 1. The first-order valence-electron chi connectivity index (χ1n) is 8.20. The van der Waals surface area contributed by atoms with Crippen LogP contribution in [0.15, 0.2) is 18.2 Å². The number of amides is 2. The third-order valence-corrected chi connectivity index (χ3v) is 4.68. The molecule has 2 unspecified atom stereocenters. The number of primary amides is 1. The van der Waals surface area contributed by atoms with Crippen molar-refractivity contribution < 1.29 is 19.5 Å². The number of carbonyl (C=O) groups is 3. The summed E-state index contributed by atoms with van der Waals surface area (Å²) < 4.78 is 0. The monoisotopic (exact) mass is 331 g/mol. The van der Waals surface area contributed by atoms with Gasteiger partial charge in [0.2, 0.25) is 11.8 Å². The van der Waals surface area contributed by atoms with Gasteiger partial charge in [-0.1, -0.05) is 0 Å². The molecule has 7 nitrogen and oxygen atoms in total. The summed E-state index contributed by atoms with van der Waals surface area (Å²) in [5.74, 6) is -2.94. The van der Waals surface area contributed by atoms with E-state index in [0.717, 1.165) is 31.6 Å². The lowest BCUT2D eigenvalue weighted by molar-refractivity contribution is -0.139. The molecule has 2 amide bonds. The minimum absolute atomic E-state index is 0.316. The van der Waals surface area contributed by atoms with Crippen molar-refractivity contribution >= 4 is 29.2 Å². The molecule has 0 aromatic heterocycles. The number of carboxylic acid groups (broad SMARTS) is 1. The van der Waals surface area contributed by atoms with Gasteiger partial charge in [-0.3, -0.25) is 14.4 Å². The van der Waals surface area contributed by atoms with Crippen LogP contribution in [0, 0.1) is 11.8 Å². The predicted molar refractivity (Wildman–Crippen MR) is 88.9 cm³/mol. The van der Waals surface area contributed by atoms with Gasteiger partial charge in [0.15, 0.2) is 0 Å². The summed E-state index contributed by atoms with van der Waals surface area (Å²) in [7, 11) is 0. The van der Waals surface area contributed by atoms with E-state index in [1.54, 1.807) is 18.2 Å². The number of hydrogen-bond donors (Lipinski definition) is 3. The molecule has 1 aromatic rings. The molecular weight excluding hydrogens is 310 g/mol. The van der Waals surface area contributed by atoms with Gasteiger partial charge in [0.1, 0.15) is 0 Å². The highest BCUT2D eigenvalue weighted by Crippen LogP contribution is 2.40. The smallest absolute Gasteiger partial charge is 0.307 e. The fraction of sp³-hybridized carbons (Fsp3) is 0.471. The maximum absolute atomic E-state index is 12.3. The first-order chi connectivity index (χ1) is 11.5. The van der Waals surface area contributed by atoms with Crippen LogP contribution in [0.25, 0.3) is 0 Å². The first kappa shape index (κ1) is 16.3. The Balaban J connectivity index is 1.83. The molecule has 0 spiro atoms. The average Bonchev–Trinajstić information content (AvgIpc) is 3.36. The Kier molecular flexibility index (Phi) is 4.42. The molecule has 1 aliphatic carbocycles. The quantitative estimate of drug-likeness (QED) is 0.755. The van der Waals surface area contributed by atoms with Gasteiger partial charge >= 0.3 is 5.97 Å².